The van der Waals surface area contributed by atoms with Crippen LogP contribution in [0.25, 0.3) is 22.2 Å². The number of aliphatic carboxylic acids is 1. The minimum absolute atomic E-state index is 0.0329. The molecule has 0 fully saturated rings. The molecule has 9 heteroatoms. The second kappa shape index (κ2) is 10.2. The molecule has 0 spiro atoms. The number of aromatic nitrogens is 1. The lowest BCUT2D eigenvalue weighted by Crippen LogP contribution is -2.42. The molecule has 1 aromatic heterocycles. The van der Waals surface area contributed by atoms with Crippen LogP contribution >= 0.6 is 46.4 Å². The normalized spacial score (nSPS) is 11.9. The number of halogens is 4. The number of carbonyl (C=O) groups is 2. The monoisotopic (exact) mass is 532 g/mol. The number of carboxylic acid groups (broad SMARTS) is 1. The van der Waals surface area contributed by atoms with Crippen molar-refractivity contribution in [3.05, 3.63) is 97.9 Å². The van der Waals surface area contributed by atoms with E-state index in [1.807, 2.05) is 12.1 Å². The number of amides is 1. The minimum Gasteiger partial charge on any atom is -0.480 e. The Balaban J connectivity index is 1.59. The fourth-order valence-electron chi connectivity index (χ4n) is 3.56. The van der Waals surface area contributed by atoms with Crippen molar-refractivity contribution in [3.63, 3.8) is 0 Å². The molecule has 0 aliphatic heterocycles. The number of carbonyl (C=O) groups excluding carboxylic acids is 1. The summed E-state index contributed by atoms with van der Waals surface area (Å²) in [4.78, 5) is 29.2. The van der Waals surface area contributed by atoms with Crippen LogP contribution < -0.4 is 5.32 Å². The zero-order valence-electron chi connectivity index (χ0n) is 17.4. The van der Waals surface area contributed by atoms with Crippen molar-refractivity contribution in [1.29, 1.82) is 0 Å². The minimum atomic E-state index is -1.19. The highest BCUT2D eigenvalue weighted by Gasteiger charge is 2.24. The summed E-state index contributed by atoms with van der Waals surface area (Å²) in [5.41, 5.74) is 2.70. The second-order valence-corrected chi connectivity index (χ2v) is 9.11. The number of nitrogens with zero attached hydrogens (tertiary/aromatic N) is 1. The van der Waals surface area contributed by atoms with E-state index in [1.54, 1.807) is 42.5 Å². The molecular formula is C25H16Cl4N2O3. The molecule has 5 nitrogen and oxygen atoms in total. The van der Waals surface area contributed by atoms with E-state index in [1.165, 1.54) is 12.1 Å². The zero-order valence-corrected chi connectivity index (χ0v) is 20.4. The van der Waals surface area contributed by atoms with Gasteiger partial charge in [0, 0.05) is 17.4 Å². The molecule has 1 unspecified atom stereocenters. The molecule has 2 N–H and O–H groups in total. The van der Waals surface area contributed by atoms with Crippen molar-refractivity contribution < 1.29 is 14.7 Å². The number of benzene rings is 3. The van der Waals surface area contributed by atoms with Crippen molar-refractivity contribution in [1.82, 2.24) is 10.3 Å². The van der Waals surface area contributed by atoms with Gasteiger partial charge in [-0.2, -0.15) is 0 Å². The highest BCUT2D eigenvalue weighted by atomic mass is 35.5. The SMILES string of the molecule is O=C(NC(Cc1ccc2nc(-c3c(Cl)cccc3Cl)ccc2c1)C(=O)O)c1c(Cl)cccc1Cl. The molecule has 0 saturated heterocycles. The van der Waals surface area contributed by atoms with E-state index in [4.69, 9.17) is 46.4 Å². The van der Waals surface area contributed by atoms with E-state index in [-0.39, 0.29) is 22.0 Å². The van der Waals surface area contributed by atoms with E-state index in [0.717, 1.165) is 5.39 Å². The first kappa shape index (κ1) is 24.3. The third-order valence-corrected chi connectivity index (χ3v) is 6.47. The smallest absolute Gasteiger partial charge is 0.326 e. The molecule has 1 heterocycles. The molecule has 0 aliphatic carbocycles. The van der Waals surface area contributed by atoms with Crippen LogP contribution in [0.3, 0.4) is 0 Å². The van der Waals surface area contributed by atoms with Gasteiger partial charge < -0.3 is 10.4 Å². The third kappa shape index (κ3) is 5.13. The molecule has 0 saturated carbocycles. The number of carboxylic acids is 1. The summed E-state index contributed by atoms with van der Waals surface area (Å²) >= 11 is 24.7. The summed E-state index contributed by atoms with van der Waals surface area (Å²) in [5.74, 6) is -1.84. The predicted octanol–water partition coefficient (Wildman–Crippen LogP) is 6.94. The molecular weight excluding hydrogens is 518 g/mol. The average molecular weight is 534 g/mol. The van der Waals surface area contributed by atoms with Gasteiger partial charge in [-0.05, 0) is 48.0 Å². The highest BCUT2D eigenvalue weighted by Crippen LogP contribution is 2.34. The molecule has 1 atom stereocenters. The van der Waals surface area contributed by atoms with Crippen molar-refractivity contribution in [2.75, 3.05) is 0 Å². The van der Waals surface area contributed by atoms with Gasteiger partial charge in [0.1, 0.15) is 6.04 Å². The molecule has 3 aromatic carbocycles. The topological polar surface area (TPSA) is 79.3 Å². The van der Waals surface area contributed by atoms with Crippen LogP contribution in [0.5, 0.6) is 0 Å². The summed E-state index contributed by atoms with van der Waals surface area (Å²) in [6.07, 6.45) is 0.0528. The number of hydrogen-bond donors (Lipinski definition) is 2. The first-order chi connectivity index (χ1) is 16.2. The van der Waals surface area contributed by atoms with Gasteiger partial charge in [0.2, 0.25) is 0 Å². The second-order valence-electron chi connectivity index (χ2n) is 7.49. The van der Waals surface area contributed by atoms with E-state index in [2.05, 4.69) is 10.3 Å². The largest absolute Gasteiger partial charge is 0.480 e. The van der Waals surface area contributed by atoms with Crippen molar-refractivity contribution >= 4 is 69.2 Å². The maximum Gasteiger partial charge on any atom is 0.326 e. The van der Waals surface area contributed by atoms with Crippen LogP contribution in [-0.2, 0) is 11.2 Å². The molecule has 172 valence electrons. The Morgan fingerprint density at radius 1 is 0.853 bits per heavy atom. The lowest BCUT2D eigenvalue weighted by molar-refractivity contribution is -0.139. The molecule has 0 radical (unpaired) electrons. The summed E-state index contributed by atoms with van der Waals surface area (Å²) in [6.45, 7) is 0. The van der Waals surface area contributed by atoms with Gasteiger partial charge in [0.25, 0.3) is 5.91 Å². The van der Waals surface area contributed by atoms with Crippen LogP contribution in [0.2, 0.25) is 20.1 Å². The number of pyridine rings is 1. The Hall–Kier alpha value is -2.83. The molecule has 1 amide bonds. The standard InChI is InChI=1S/C25H16Cl4N2O3/c26-15-3-1-4-16(27)22(15)20-10-8-14-11-13(7-9-19(14)30-20)12-21(25(33)34)31-24(32)23-17(28)5-2-6-18(23)29/h1-11,21H,12H2,(H,31,32)(H,33,34). The van der Waals surface area contributed by atoms with Crippen molar-refractivity contribution in [3.8, 4) is 11.3 Å². The predicted molar refractivity (Wildman–Crippen MR) is 136 cm³/mol. The van der Waals surface area contributed by atoms with E-state index in [0.29, 0.717) is 32.4 Å². The summed E-state index contributed by atoms with van der Waals surface area (Å²) in [5, 5.41) is 14.2. The van der Waals surface area contributed by atoms with Crippen LogP contribution in [0.15, 0.2) is 66.7 Å². The number of hydrogen-bond acceptors (Lipinski definition) is 3. The van der Waals surface area contributed by atoms with E-state index in [9.17, 15) is 14.7 Å². The Morgan fingerprint density at radius 2 is 1.47 bits per heavy atom. The number of nitrogens with one attached hydrogen (secondary N) is 1. The highest BCUT2D eigenvalue weighted by molar-refractivity contribution is 6.40. The average Bonchev–Trinajstić information content (AvgIpc) is 2.78. The summed E-state index contributed by atoms with van der Waals surface area (Å²) < 4.78 is 0. The number of fused-ring (bicyclic) bond motifs is 1. The fourth-order valence-corrected chi connectivity index (χ4v) is 4.72. The molecule has 0 aliphatic rings. The molecule has 34 heavy (non-hydrogen) atoms. The lowest BCUT2D eigenvalue weighted by Gasteiger charge is -2.16. The quantitative estimate of drug-likeness (QED) is 0.281. The zero-order chi connectivity index (χ0) is 24.4. The van der Waals surface area contributed by atoms with Gasteiger partial charge in [-0.1, -0.05) is 70.7 Å². The Morgan fingerprint density at radius 3 is 2.09 bits per heavy atom. The van der Waals surface area contributed by atoms with Gasteiger partial charge in [0.15, 0.2) is 0 Å². The van der Waals surface area contributed by atoms with Crippen LogP contribution in [0.1, 0.15) is 15.9 Å². The third-order valence-electron chi connectivity index (χ3n) is 5.21. The van der Waals surface area contributed by atoms with Crippen molar-refractivity contribution in [2.24, 2.45) is 0 Å². The Bertz CT molecular complexity index is 1380. The van der Waals surface area contributed by atoms with E-state index >= 15 is 0 Å². The van der Waals surface area contributed by atoms with Gasteiger partial charge in [-0.15, -0.1) is 0 Å². The molecule has 4 aromatic rings. The Kier molecular flexibility index (Phi) is 7.29. The first-order valence-corrected chi connectivity index (χ1v) is 11.6. The fraction of sp³-hybridized carbons (Fsp3) is 0.0800. The molecule has 4 rings (SSSR count). The van der Waals surface area contributed by atoms with Crippen molar-refractivity contribution in [2.45, 2.75) is 12.5 Å². The maximum absolute atomic E-state index is 12.7. The van der Waals surface area contributed by atoms with Crippen LogP contribution in [0.4, 0.5) is 0 Å². The van der Waals surface area contributed by atoms with Gasteiger partial charge >= 0.3 is 5.97 Å². The van der Waals surface area contributed by atoms with E-state index < -0.39 is 17.9 Å². The first-order valence-electron chi connectivity index (χ1n) is 10.1. The van der Waals surface area contributed by atoms with Crippen LogP contribution in [0, 0.1) is 0 Å². The van der Waals surface area contributed by atoms with Gasteiger partial charge in [-0.25, -0.2) is 9.78 Å². The summed E-state index contributed by atoms with van der Waals surface area (Å²) in [6, 6.07) is 17.7. The maximum atomic E-state index is 12.7. The van der Waals surface area contributed by atoms with Crippen LogP contribution in [-0.4, -0.2) is 28.0 Å². The Labute approximate surface area is 215 Å². The van der Waals surface area contributed by atoms with Gasteiger partial charge in [0.05, 0.1) is 36.9 Å². The van der Waals surface area contributed by atoms with Gasteiger partial charge in [-0.3, -0.25) is 4.79 Å². The number of rotatable bonds is 6. The molecule has 0 bridgehead atoms. The summed E-state index contributed by atoms with van der Waals surface area (Å²) in [7, 11) is 0. The lowest BCUT2D eigenvalue weighted by atomic mass is 10.0.